The van der Waals surface area contributed by atoms with E-state index in [1.54, 1.807) is 0 Å². The lowest BCUT2D eigenvalue weighted by molar-refractivity contribution is -0.138. The second-order valence-corrected chi connectivity index (χ2v) is 14.0. The lowest BCUT2D eigenvalue weighted by Gasteiger charge is -2.24. The number of hydrogen-bond donors (Lipinski definition) is 2. The van der Waals surface area contributed by atoms with Crippen molar-refractivity contribution in [2.24, 2.45) is 5.92 Å². The molecular formula is C33H50N4O8S. The third-order valence-electron chi connectivity index (χ3n) is 7.80. The van der Waals surface area contributed by atoms with Crippen LogP contribution < -0.4 is 15.4 Å². The number of urea groups is 1. The summed E-state index contributed by atoms with van der Waals surface area (Å²) >= 11 is 0. The van der Waals surface area contributed by atoms with E-state index in [2.05, 4.69) is 24.1 Å². The van der Waals surface area contributed by atoms with E-state index in [-0.39, 0.29) is 41.7 Å². The third kappa shape index (κ3) is 11.9. The highest BCUT2D eigenvalue weighted by Gasteiger charge is 2.45. The van der Waals surface area contributed by atoms with Crippen LogP contribution in [-0.2, 0) is 29.0 Å². The molecule has 1 fully saturated rings. The summed E-state index contributed by atoms with van der Waals surface area (Å²) in [5, 5.41) is 5.19. The van der Waals surface area contributed by atoms with Gasteiger partial charge in [0.15, 0.2) is 21.7 Å². The van der Waals surface area contributed by atoms with Gasteiger partial charge in [-0.3, -0.25) is 19.2 Å². The van der Waals surface area contributed by atoms with Crippen molar-refractivity contribution >= 4 is 50.7 Å². The average molecular weight is 663 g/mol. The molecule has 2 unspecified atom stereocenters. The molecule has 1 aromatic rings. The predicted octanol–water partition coefficient (Wildman–Crippen LogP) is 4.95. The van der Waals surface area contributed by atoms with Crippen LogP contribution in [0.25, 0.3) is 0 Å². The van der Waals surface area contributed by atoms with Gasteiger partial charge in [-0.1, -0.05) is 77.7 Å². The summed E-state index contributed by atoms with van der Waals surface area (Å²) in [5.74, 6) is -3.80. The Kier molecular flexibility index (Phi) is 15.9. The highest BCUT2D eigenvalue weighted by Crippen LogP contribution is 2.29. The molecule has 1 saturated heterocycles. The molecule has 1 aliphatic rings. The van der Waals surface area contributed by atoms with E-state index in [0.29, 0.717) is 11.3 Å². The van der Waals surface area contributed by atoms with Gasteiger partial charge in [0.2, 0.25) is 5.91 Å². The molecular weight excluding hydrogens is 612 g/mol. The predicted molar refractivity (Wildman–Crippen MR) is 178 cm³/mol. The molecule has 2 N–H and O–H groups in total. The van der Waals surface area contributed by atoms with Crippen molar-refractivity contribution in [1.29, 1.82) is 0 Å². The van der Waals surface area contributed by atoms with Gasteiger partial charge < -0.3 is 20.3 Å². The van der Waals surface area contributed by atoms with E-state index in [4.69, 9.17) is 4.74 Å². The van der Waals surface area contributed by atoms with E-state index in [1.807, 2.05) is 0 Å². The maximum Gasteiger partial charge on any atom is 0.328 e. The first-order valence-electron chi connectivity index (χ1n) is 16.1. The molecule has 1 aromatic carbocycles. The van der Waals surface area contributed by atoms with Crippen LogP contribution in [0.2, 0.25) is 0 Å². The number of rotatable bonds is 22. The zero-order valence-electron chi connectivity index (χ0n) is 27.6. The standard InChI is InChI=1S/C33H50N4O8S/c1-6-8-9-10-11-12-13-14-15-16-20-46(43,44)23-24(3)31(40)34-26-17-18-28(45-5)27(21-26)35-32(41)30(25(4)38)37-29(39)22-36(19-7-2)33(37)42/h7,17-18,21,24,30H,2,6,8-16,19-20,22-23H2,1,3-5H3,(H,34,40)(H,35,41). The van der Waals surface area contributed by atoms with E-state index in [1.165, 1.54) is 76.8 Å². The number of ketones is 1. The monoisotopic (exact) mass is 662 g/mol. The Morgan fingerprint density at radius 1 is 0.978 bits per heavy atom. The van der Waals surface area contributed by atoms with Crippen molar-refractivity contribution in [3.8, 4) is 5.75 Å². The summed E-state index contributed by atoms with van der Waals surface area (Å²) in [6.07, 6.45) is 12.4. The molecule has 256 valence electrons. The molecule has 5 amide bonds. The van der Waals surface area contributed by atoms with Crippen molar-refractivity contribution < 1.29 is 37.1 Å². The number of carbonyl (C=O) groups is 5. The van der Waals surface area contributed by atoms with Crippen molar-refractivity contribution in [3.05, 3.63) is 30.9 Å². The number of carbonyl (C=O) groups excluding carboxylic acids is 5. The van der Waals surface area contributed by atoms with Crippen LogP contribution in [0.4, 0.5) is 16.2 Å². The minimum absolute atomic E-state index is 0.0323. The van der Waals surface area contributed by atoms with Crippen molar-refractivity contribution in [2.45, 2.75) is 91.0 Å². The number of benzene rings is 1. The smallest absolute Gasteiger partial charge is 0.328 e. The fourth-order valence-corrected chi connectivity index (χ4v) is 7.03. The maximum absolute atomic E-state index is 13.2. The summed E-state index contributed by atoms with van der Waals surface area (Å²) in [4.78, 5) is 65.7. The molecule has 0 bridgehead atoms. The Morgan fingerprint density at radius 3 is 2.15 bits per heavy atom. The number of nitrogens with one attached hydrogen (secondary N) is 2. The molecule has 1 heterocycles. The second kappa shape index (κ2) is 19.0. The molecule has 0 aliphatic carbocycles. The van der Waals surface area contributed by atoms with Crippen LogP contribution in [-0.4, -0.2) is 85.5 Å². The first kappa shape index (κ1) is 38.4. The van der Waals surface area contributed by atoms with Crippen LogP contribution in [0, 0.1) is 5.92 Å². The van der Waals surface area contributed by atoms with E-state index < -0.39 is 51.3 Å². The SMILES string of the molecule is C=CCN1CC(=O)N(C(C(C)=O)C(=O)Nc2cc(NC(=O)C(C)CS(=O)(=O)CCCCCCCCCCCC)ccc2OC)C1=O. The summed E-state index contributed by atoms with van der Waals surface area (Å²) in [6, 6.07) is 1.86. The highest BCUT2D eigenvalue weighted by molar-refractivity contribution is 7.91. The average Bonchev–Trinajstić information content (AvgIpc) is 3.26. The first-order chi connectivity index (χ1) is 21.8. The van der Waals surface area contributed by atoms with Crippen LogP contribution in [0.3, 0.4) is 0 Å². The Hall–Kier alpha value is -3.74. The minimum Gasteiger partial charge on any atom is -0.495 e. The Morgan fingerprint density at radius 2 is 1.59 bits per heavy atom. The molecule has 0 saturated carbocycles. The van der Waals surface area contributed by atoms with Gasteiger partial charge in [0.05, 0.1) is 24.3 Å². The number of methoxy groups -OCH3 is 1. The van der Waals surface area contributed by atoms with Crippen molar-refractivity contribution in [1.82, 2.24) is 9.80 Å². The number of amides is 5. The van der Waals surface area contributed by atoms with Gasteiger partial charge in [-0.05, 0) is 31.5 Å². The molecule has 46 heavy (non-hydrogen) atoms. The number of anilines is 2. The largest absolute Gasteiger partial charge is 0.495 e. The second-order valence-electron chi connectivity index (χ2n) is 11.8. The van der Waals surface area contributed by atoms with Gasteiger partial charge in [0.1, 0.15) is 12.3 Å². The normalized spacial score (nSPS) is 14.6. The van der Waals surface area contributed by atoms with Gasteiger partial charge >= 0.3 is 6.03 Å². The molecule has 2 atom stereocenters. The van der Waals surface area contributed by atoms with Crippen molar-refractivity contribution in [3.63, 3.8) is 0 Å². The minimum atomic E-state index is -3.44. The maximum atomic E-state index is 13.2. The summed E-state index contributed by atoms with van der Waals surface area (Å²) in [5.41, 5.74) is 0.310. The summed E-state index contributed by atoms with van der Waals surface area (Å²) < 4.78 is 30.7. The zero-order chi connectivity index (χ0) is 34.3. The highest BCUT2D eigenvalue weighted by atomic mass is 32.2. The Balaban J connectivity index is 1.97. The molecule has 2 rings (SSSR count). The van der Waals surface area contributed by atoms with Crippen LogP contribution in [0.1, 0.15) is 85.0 Å². The number of ether oxygens (including phenoxy) is 1. The van der Waals surface area contributed by atoms with Gasteiger partial charge in [0.25, 0.3) is 11.8 Å². The lowest BCUT2D eigenvalue weighted by atomic mass is 10.1. The summed E-state index contributed by atoms with van der Waals surface area (Å²) in [7, 11) is -2.09. The number of sulfone groups is 1. The van der Waals surface area contributed by atoms with Gasteiger partial charge in [-0.25, -0.2) is 18.1 Å². The van der Waals surface area contributed by atoms with Crippen LogP contribution in [0.5, 0.6) is 5.75 Å². The molecule has 0 aromatic heterocycles. The number of unbranched alkanes of at least 4 members (excludes halogenated alkanes) is 9. The van der Waals surface area contributed by atoms with Crippen LogP contribution in [0.15, 0.2) is 30.9 Å². The van der Waals surface area contributed by atoms with Crippen LogP contribution >= 0.6 is 0 Å². The molecule has 13 heteroatoms. The number of Topliss-reactive ketones (excluding diaryl/α,β-unsaturated/α-hetero) is 1. The topological polar surface area (TPSA) is 159 Å². The van der Waals surface area contributed by atoms with E-state index in [0.717, 1.165) is 31.1 Å². The van der Waals surface area contributed by atoms with Gasteiger partial charge in [-0.15, -0.1) is 6.58 Å². The van der Waals surface area contributed by atoms with Gasteiger partial charge in [0, 0.05) is 18.2 Å². The quantitative estimate of drug-likeness (QED) is 0.0764. The molecule has 1 aliphatic heterocycles. The number of imide groups is 1. The van der Waals surface area contributed by atoms with Gasteiger partial charge in [-0.2, -0.15) is 0 Å². The lowest BCUT2D eigenvalue weighted by Crippen LogP contribution is -2.51. The zero-order valence-corrected chi connectivity index (χ0v) is 28.5. The fraction of sp³-hybridized carbons (Fsp3) is 0.606. The molecule has 0 radical (unpaired) electrons. The van der Waals surface area contributed by atoms with E-state index >= 15 is 0 Å². The Labute approximate surface area is 273 Å². The third-order valence-corrected chi connectivity index (χ3v) is 9.72. The summed E-state index contributed by atoms with van der Waals surface area (Å²) in [6.45, 7) is 8.15. The van der Waals surface area contributed by atoms with E-state index in [9.17, 15) is 32.4 Å². The fourth-order valence-electron chi connectivity index (χ4n) is 5.30. The number of nitrogens with zero attached hydrogens (tertiary/aromatic N) is 2. The Bertz CT molecular complexity index is 1350. The molecule has 0 spiro atoms. The molecule has 12 nitrogen and oxygen atoms in total. The van der Waals surface area contributed by atoms with Crippen molar-refractivity contribution in [2.75, 3.05) is 42.3 Å². The number of hydrogen-bond acceptors (Lipinski definition) is 8. The first-order valence-corrected chi connectivity index (χ1v) is 17.9.